The second-order valence-corrected chi connectivity index (χ2v) is 5.99. The lowest BCUT2D eigenvalue weighted by molar-refractivity contribution is 0.583. The van der Waals surface area contributed by atoms with Crippen molar-refractivity contribution in [3.8, 4) is 0 Å². The predicted molar refractivity (Wildman–Crippen MR) is 108 cm³/mol. The van der Waals surface area contributed by atoms with E-state index in [0.717, 1.165) is 24.5 Å². The van der Waals surface area contributed by atoms with Crippen LogP contribution < -0.4 is 10.6 Å². The molecule has 0 amide bonds. The minimum atomic E-state index is -0.168. The fraction of sp³-hybridized carbons (Fsp3) is 0.316. The van der Waals surface area contributed by atoms with Gasteiger partial charge in [-0.25, -0.2) is 4.39 Å². The summed E-state index contributed by atoms with van der Waals surface area (Å²) in [6, 6.07) is 13.8. The average Bonchev–Trinajstić information content (AvgIpc) is 2.54. The van der Waals surface area contributed by atoms with E-state index in [1.54, 1.807) is 26.1 Å². The van der Waals surface area contributed by atoms with Gasteiger partial charge in [0.15, 0.2) is 5.96 Å². The number of hydrogen-bond donors (Lipinski definition) is 2. The molecule has 0 radical (unpaired) electrons. The van der Waals surface area contributed by atoms with Crippen molar-refractivity contribution in [1.29, 1.82) is 0 Å². The molecule has 0 aliphatic heterocycles. The summed E-state index contributed by atoms with van der Waals surface area (Å²) in [5, 5.41) is 6.59. The molecule has 1 aliphatic carbocycles. The van der Waals surface area contributed by atoms with Gasteiger partial charge in [0.05, 0.1) is 0 Å². The Morgan fingerprint density at radius 3 is 2.71 bits per heavy atom. The van der Waals surface area contributed by atoms with Gasteiger partial charge in [-0.3, -0.25) is 4.99 Å². The normalized spacial score (nSPS) is 15.8. The zero-order chi connectivity index (χ0) is 16.2. The lowest BCUT2D eigenvalue weighted by atomic mass is 9.78. The molecule has 0 aromatic heterocycles. The minimum absolute atomic E-state index is 0. The minimum Gasteiger partial charge on any atom is -0.356 e. The second kappa shape index (κ2) is 8.46. The number of benzene rings is 2. The van der Waals surface area contributed by atoms with Gasteiger partial charge in [-0.15, -0.1) is 24.0 Å². The molecule has 0 bridgehead atoms. The number of hydrogen-bond acceptors (Lipinski definition) is 1. The maximum absolute atomic E-state index is 13.6. The van der Waals surface area contributed by atoms with Crippen molar-refractivity contribution in [2.75, 3.05) is 13.6 Å². The number of guanidine groups is 1. The Morgan fingerprint density at radius 1 is 1.21 bits per heavy atom. The molecule has 128 valence electrons. The van der Waals surface area contributed by atoms with E-state index < -0.39 is 0 Å². The highest BCUT2D eigenvalue weighted by molar-refractivity contribution is 14.0. The molecule has 2 aromatic carbocycles. The van der Waals surface area contributed by atoms with E-state index in [1.165, 1.54) is 11.1 Å². The Labute approximate surface area is 159 Å². The van der Waals surface area contributed by atoms with Crippen molar-refractivity contribution in [1.82, 2.24) is 10.6 Å². The molecule has 0 heterocycles. The predicted octanol–water partition coefficient (Wildman–Crippen LogP) is 3.76. The SMILES string of the molecule is CN=C(NCc1ccc(C)c(F)c1)NCC1Cc2ccccc21.I. The summed E-state index contributed by atoms with van der Waals surface area (Å²) >= 11 is 0. The molecule has 0 saturated heterocycles. The largest absolute Gasteiger partial charge is 0.356 e. The molecule has 3 nitrogen and oxygen atoms in total. The number of nitrogens with one attached hydrogen (secondary N) is 2. The molecule has 0 fully saturated rings. The molecule has 0 saturated carbocycles. The van der Waals surface area contributed by atoms with E-state index in [-0.39, 0.29) is 29.8 Å². The van der Waals surface area contributed by atoms with Crippen molar-refractivity contribution in [3.63, 3.8) is 0 Å². The van der Waals surface area contributed by atoms with Crippen LogP contribution >= 0.6 is 24.0 Å². The first-order valence-electron chi connectivity index (χ1n) is 7.94. The molecule has 1 unspecified atom stereocenters. The first-order chi connectivity index (χ1) is 11.2. The third-order valence-corrected chi connectivity index (χ3v) is 4.40. The fourth-order valence-electron chi connectivity index (χ4n) is 2.92. The van der Waals surface area contributed by atoms with Crippen LogP contribution in [0.3, 0.4) is 0 Å². The number of aryl methyl sites for hydroxylation is 1. The highest BCUT2D eigenvalue weighted by Crippen LogP contribution is 2.33. The van der Waals surface area contributed by atoms with Gasteiger partial charge in [0.1, 0.15) is 5.82 Å². The Morgan fingerprint density at radius 2 is 2.00 bits per heavy atom. The molecule has 5 heteroatoms. The maximum Gasteiger partial charge on any atom is 0.191 e. The van der Waals surface area contributed by atoms with Crippen LogP contribution in [0.5, 0.6) is 0 Å². The van der Waals surface area contributed by atoms with Crippen LogP contribution in [0.4, 0.5) is 4.39 Å². The van der Waals surface area contributed by atoms with Crippen molar-refractivity contribution in [2.24, 2.45) is 4.99 Å². The van der Waals surface area contributed by atoms with Crippen LogP contribution in [0, 0.1) is 12.7 Å². The molecule has 2 aromatic rings. The standard InChI is InChI=1S/C19H22FN3.HI/c1-13-7-8-14(9-18(13)20)11-22-19(21-2)23-12-16-10-15-5-3-4-6-17(15)16;/h3-9,16H,10-12H2,1-2H3,(H2,21,22,23);1H. The van der Waals surface area contributed by atoms with Crippen LogP contribution in [0.25, 0.3) is 0 Å². The monoisotopic (exact) mass is 439 g/mol. The van der Waals surface area contributed by atoms with E-state index in [4.69, 9.17) is 0 Å². The first kappa shape index (κ1) is 18.7. The van der Waals surface area contributed by atoms with Crippen molar-refractivity contribution in [2.45, 2.75) is 25.8 Å². The van der Waals surface area contributed by atoms with E-state index in [0.29, 0.717) is 18.0 Å². The zero-order valence-corrected chi connectivity index (χ0v) is 16.3. The van der Waals surface area contributed by atoms with Crippen molar-refractivity contribution < 1.29 is 4.39 Å². The van der Waals surface area contributed by atoms with Gasteiger partial charge in [0.25, 0.3) is 0 Å². The summed E-state index contributed by atoms with van der Waals surface area (Å²) < 4.78 is 13.6. The first-order valence-corrected chi connectivity index (χ1v) is 7.94. The molecule has 24 heavy (non-hydrogen) atoms. The van der Waals surface area contributed by atoms with Gasteiger partial charge in [-0.1, -0.05) is 36.4 Å². The molecular weight excluding hydrogens is 416 g/mol. The topological polar surface area (TPSA) is 36.4 Å². The number of nitrogens with zero attached hydrogens (tertiary/aromatic N) is 1. The van der Waals surface area contributed by atoms with E-state index in [1.807, 2.05) is 6.07 Å². The lowest BCUT2D eigenvalue weighted by Crippen LogP contribution is -2.40. The number of fused-ring (bicyclic) bond motifs is 1. The van der Waals surface area contributed by atoms with Crippen LogP contribution in [0.1, 0.15) is 28.2 Å². The van der Waals surface area contributed by atoms with Crippen molar-refractivity contribution >= 4 is 29.9 Å². The summed E-state index contributed by atoms with van der Waals surface area (Å²) in [6.07, 6.45) is 1.11. The molecular formula is C19H23FIN3. The third kappa shape index (κ3) is 4.26. The summed E-state index contributed by atoms with van der Waals surface area (Å²) in [6.45, 7) is 3.18. The van der Waals surface area contributed by atoms with Gasteiger partial charge >= 0.3 is 0 Å². The van der Waals surface area contributed by atoms with Crippen molar-refractivity contribution in [3.05, 3.63) is 70.5 Å². The Kier molecular flexibility index (Phi) is 6.60. The molecule has 1 atom stereocenters. The fourth-order valence-corrected chi connectivity index (χ4v) is 2.92. The quantitative estimate of drug-likeness (QED) is 0.433. The molecule has 1 aliphatic rings. The Hall–Kier alpha value is -1.63. The number of halogens is 2. The third-order valence-electron chi connectivity index (χ3n) is 4.40. The van der Waals surface area contributed by atoms with Crippen LogP contribution in [0.15, 0.2) is 47.5 Å². The summed E-state index contributed by atoms with van der Waals surface area (Å²) in [7, 11) is 1.75. The van der Waals surface area contributed by atoms with Gasteiger partial charge < -0.3 is 10.6 Å². The van der Waals surface area contributed by atoms with Crippen LogP contribution in [-0.2, 0) is 13.0 Å². The van der Waals surface area contributed by atoms with Gasteiger partial charge in [-0.2, -0.15) is 0 Å². The zero-order valence-electron chi connectivity index (χ0n) is 14.0. The summed E-state index contributed by atoms with van der Waals surface area (Å²) in [5.41, 5.74) is 4.44. The Bertz CT molecular complexity index is 730. The van der Waals surface area contributed by atoms with Gasteiger partial charge in [0.2, 0.25) is 0 Å². The van der Waals surface area contributed by atoms with E-state index in [9.17, 15) is 4.39 Å². The lowest BCUT2D eigenvalue weighted by Gasteiger charge is -2.30. The number of rotatable bonds is 4. The highest BCUT2D eigenvalue weighted by Gasteiger charge is 2.25. The van der Waals surface area contributed by atoms with Gasteiger partial charge in [0, 0.05) is 26.1 Å². The highest BCUT2D eigenvalue weighted by atomic mass is 127. The molecule has 2 N–H and O–H groups in total. The van der Waals surface area contributed by atoms with Gasteiger partial charge in [-0.05, 0) is 41.7 Å². The smallest absolute Gasteiger partial charge is 0.191 e. The maximum atomic E-state index is 13.6. The van der Waals surface area contributed by atoms with E-state index >= 15 is 0 Å². The Balaban J connectivity index is 0.00000208. The number of aliphatic imine (C=N–C) groups is 1. The van der Waals surface area contributed by atoms with Crippen LogP contribution in [-0.4, -0.2) is 19.6 Å². The van der Waals surface area contributed by atoms with Crippen LogP contribution in [0.2, 0.25) is 0 Å². The molecule has 3 rings (SSSR count). The average molecular weight is 439 g/mol. The summed E-state index contributed by atoms with van der Waals surface area (Å²) in [5.74, 6) is 1.12. The molecule has 0 spiro atoms. The van der Waals surface area contributed by atoms with E-state index in [2.05, 4.69) is 39.9 Å². The summed E-state index contributed by atoms with van der Waals surface area (Å²) in [4.78, 5) is 4.23. The second-order valence-electron chi connectivity index (χ2n) is 5.99.